The quantitative estimate of drug-likeness (QED) is 0.876. The second kappa shape index (κ2) is 5.83. The van der Waals surface area contributed by atoms with Crippen LogP contribution in [0.5, 0.6) is 5.75 Å². The fourth-order valence-corrected chi connectivity index (χ4v) is 3.24. The van der Waals surface area contributed by atoms with Gasteiger partial charge in [0.2, 0.25) is 0 Å². The number of Topliss-reactive ketones (excluding diaryl/α,β-unsaturated/α-hetero) is 1. The fourth-order valence-electron chi connectivity index (χ4n) is 1.73. The first kappa shape index (κ1) is 15.5. The van der Waals surface area contributed by atoms with Gasteiger partial charge in [0.25, 0.3) is 0 Å². The smallest absolute Gasteiger partial charge is 0.185 e. The molecule has 7 heteroatoms. The molecular weight excluding hydrogens is 319 g/mol. The first-order valence-corrected chi connectivity index (χ1v) is 7.83. The van der Waals surface area contributed by atoms with Gasteiger partial charge in [-0.05, 0) is 36.4 Å². The first-order chi connectivity index (χ1) is 9.79. The number of ketones is 1. The highest BCUT2D eigenvalue weighted by Crippen LogP contribution is 2.22. The van der Waals surface area contributed by atoms with E-state index in [4.69, 9.17) is 11.6 Å². The summed E-state index contributed by atoms with van der Waals surface area (Å²) in [5.41, 5.74) is -0.374. The van der Waals surface area contributed by atoms with Crippen molar-refractivity contribution in [3.05, 3.63) is 58.9 Å². The highest BCUT2D eigenvalue weighted by molar-refractivity contribution is 7.92. The maximum Gasteiger partial charge on any atom is 0.185 e. The maximum absolute atomic E-state index is 13.1. The zero-order valence-corrected chi connectivity index (χ0v) is 12.2. The lowest BCUT2D eigenvalue weighted by molar-refractivity contribution is 0.101. The summed E-state index contributed by atoms with van der Waals surface area (Å²) in [7, 11) is -3.93. The number of phenolic OH excluding ortho intramolecular Hbond substituents is 1. The van der Waals surface area contributed by atoms with Crippen molar-refractivity contribution in [2.24, 2.45) is 0 Å². The molecule has 0 saturated carbocycles. The lowest BCUT2D eigenvalue weighted by atomic mass is 10.1. The Balaban J connectivity index is 2.32. The van der Waals surface area contributed by atoms with Crippen LogP contribution in [-0.2, 0) is 9.84 Å². The van der Waals surface area contributed by atoms with Crippen LogP contribution in [0, 0.1) is 5.82 Å². The van der Waals surface area contributed by atoms with Crippen molar-refractivity contribution in [1.29, 1.82) is 0 Å². The zero-order chi connectivity index (χ0) is 15.6. The minimum atomic E-state index is -3.93. The van der Waals surface area contributed by atoms with Crippen LogP contribution in [0.15, 0.2) is 47.4 Å². The van der Waals surface area contributed by atoms with Crippen LogP contribution in [0.3, 0.4) is 0 Å². The minimum absolute atomic E-state index is 0.112. The third-order valence-corrected chi connectivity index (χ3v) is 4.58. The summed E-state index contributed by atoms with van der Waals surface area (Å²) in [4.78, 5) is 11.8. The Kier molecular flexibility index (Phi) is 4.29. The first-order valence-electron chi connectivity index (χ1n) is 5.79. The summed E-state index contributed by atoms with van der Waals surface area (Å²) < 4.78 is 37.3. The van der Waals surface area contributed by atoms with Gasteiger partial charge in [0.05, 0.1) is 10.5 Å². The van der Waals surface area contributed by atoms with Crippen LogP contribution >= 0.6 is 11.6 Å². The highest BCUT2D eigenvalue weighted by atomic mass is 35.5. The monoisotopic (exact) mass is 328 g/mol. The van der Waals surface area contributed by atoms with Gasteiger partial charge in [-0.25, -0.2) is 12.8 Å². The van der Waals surface area contributed by atoms with E-state index in [2.05, 4.69) is 0 Å². The summed E-state index contributed by atoms with van der Waals surface area (Å²) >= 11 is 5.71. The van der Waals surface area contributed by atoms with Gasteiger partial charge in [-0.1, -0.05) is 17.7 Å². The second-order valence-corrected chi connectivity index (χ2v) is 6.73. The van der Waals surface area contributed by atoms with Crippen LogP contribution in [0.1, 0.15) is 10.4 Å². The molecule has 0 aliphatic rings. The van der Waals surface area contributed by atoms with E-state index >= 15 is 0 Å². The van der Waals surface area contributed by atoms with E-state index < -0.39 is 32.9 Å². The standard InChI is InChI=1S/C14H10ClFO4S/c15-9-2-1-3-11(6-9)21(19,20)8-14(18)12-7-10(16)4-5-13(12)17/h1-7,17H,8H2. The van der Waals surface area contributed by atoms with Crippen LogP contribution in [0.25, 0.3) is 0 Å². The molecular formula is C14H10ClFO4S. The molecule has 0 atom stereocenters. The number of halogens is 2. The van der Waals surface area contributed by atoms with E-state index in [0.717, 1.165) is 18.2 Å². The lowest BCUT2D eigenvalue weighted by Crippen LogP contribution is -2.16. The number of hydrogen-bond donors (Lipinski definition) is 1. The summed E-state index contributed by atoms with van der Waals surface area (Å²) in [6, 6.07) is 8.23. The van der Waals surface area contributed by atoms with Crippen LogP contribution in [0.2, 0.25) is 5.02 Å². The Hall–Kier alpha value is -1.92. The molecule has 0 amide bonds. The summed E-state index contributed by atoms with van der Waals surface area (Å²) in [5, 5.41) is 9.73. The molecule has 0 spiro atoms. The Bertz CT molecular complexity index is 802. The molecule has 0 aromatic heterocycles. The molecule has 0 fully saturated rings. The third kappa shape index (κ3) is 3.59. The zero-order valence-electron chi connectivity index (χ0n) is 10.6. The van der Waals surface area contributed by atoms with E-state index in [9.17, 15) is 22.7 Å². The van der Waals surface area contributed by atoms with Crippen molar-refractivity contribution in [1.82, 2.24) is 0 Å². The molecule has 4 nitrogen and oxygen atoms in total. The predicted octanol–water partition coefficient (Wildman–Crippen LogP) is 2.84. The molecule has 110 valence electrons. The molecule has 2 aromatic rings. The summed E-state index contributed by atoms with van der Waals surface area (Å²) in [6.45, 7) is 0. The predicted molar refractivity (Wildman–Crippen MR) is 75.9 cm³/mol. The van der Waals surface area contributed by atoms with Gasteiger partial charge >= 0.3 is 0 Å². The van der Waals surface area contributed by atoms with E-state index in [1.165, 1.54) is 24.3 Å². The number of hydrogen-bond acceptors (Lipinski definition) is 4. The normalized spacial score (nSPS) is 11.3. The van der Waals surface area contributed by atoms with Gasteiger partial charge in [-0.2, -0.15) is 0 Å². The van der Waals surface area contributed by atoms with Gasteiger partial charge in [0.15, 0.2) is 15.6 Å². The topological polar surface area (TPSA) is 71.4 Å². The molecule has 0 radical (unpaired) electrons. The number of aromatic hydroxyl groups is 1. The number of sulfone groups is 1. The second-order valence-electron chi connectivity index (χ2n) is 4.30. The molecule has 0 aliphatic heterocycles. The summed E-state index contributed by atoms with van der Waals surface area (Å²) in [5.74, 6) is -2.99. The van der Waals surface area contributed by atoms with Crippen LogP contribution < -0.4 is 0 Å². The summed E-state index contributed by atoms with van der Waals surface area (Å²) in [6.07, 6.45) is 0. The number of rotatable bonds is 4. The Morgan fingerprint density at radius 3 is 2.57 bits per heavy atom. The Labute approximate surface area is 125 Å². The van der Waals surface area contributed by atoms with Crippen LogP contribution in [-0.4, -0.2) is 25.1 Å². The average Bonchev–Trinajstić information content (AvgIpc) is 2.41. The molecule has 0 saturated heterocycles. The largest absolute Gasteiger partial charge is 0.507 e. The van der Waals surface area contributed by atoms with Crippen molar-refractivity contribution < 1.29 is 22.7 Å². The number of phenols is 1. The molecule has 0 bridgehead atoms. The molecule has 2 rings (SSSR count). The number of benzene rings is 2. The van der Waals surface area contributed by atoms with E-state index in [-0.39, 0.29) is 15.5 Å². The molecule has 0 unspecified atom stereocenters. The highest BCUT2D eigenvalue weighted by Gasteiger charge is 2.22. The molecule has 0 aliphatic carbocycles. The van der Waals surface area contributed by atoms with E-state index in [1.807, 2.05) is 0 Å². The van der Waals surface area contributed by atoms with Gasteiger partial charge in [0, 0.05) is 5.02 Å². The average molecular weight is 329 g/mol. The Morgan fingerprint density at radius 1 is 1.19 bits per heavy atom. The molecule has 2 aromatic carbocycles. The SMILES string of the molecule is O=C(CS(=O)(=O)c1cccc(Cl)c1)c1cc(F)ccc1O. The lowest BCUT2D eigenvalue weighted by Gasteiger charge is -2.06. The Morgan fingerprint density at radius 2 is 1.90 bits per heavy atom. The van der Waals surface area contributed by atoms with Gasteiger partial charge in [-0.3, -0.25) is 4.79 Å². The van der Waals surface area contributed by atoms with Crippen molar-refractivity contribution in [3.8, 4) is 5.75 Å². The minimum Gasteiger partial charge on any atom is -0.507 e. The maximum atomic E-state index is 13.1. The molecule has 21 heavy (non-hydrogen) atoms. The molecule has 0 heterocycles. The van der Waals surface area contributed by atoms with Crippen molar-refractivity contribution in [2.45, 2.75) is 4.90 Å². The van der Waals surface area contributed by atoms with E-state index in [1.54, 1.807) is 0 Å². The number of carbonyl (C=O) groups excluding carboxylic acids is 1. The fraction of sp³-hybridized carbons (Fsp3) is 0.0714. The van der Waals surface area contributed by atoms with Gasteiger partial charge < -0.3 is 5.11 Å². The van der Waals surface area contributed by atoms with Crippen molar-refractivity contribution >= 4 is 27.2 Å². The van der Waals surface area contributed by atoms with Crippen molar-refractivity contribution in [2.75, 3.05) is 5.75 Å². The van der Waals surface area contributed by atoms with Crippen molar-refractivity contribution in [3.63, 3.8) is 0 Å². The van der Waals surface area contributed by atoms with Crippen LogP contribution in [0.4, 0.5) is 4.39 Å². The third-order valence-electron chi connectivity index (χ3n) is 2.74. The number of carbonyl (C=O) groups is 1. The molecule has 1 N–H and O–H groups in total. The van der Waals surface area contributed by atoms with Gasteiger partial charge in [0.1, 0.15) is 17.3 Å². The van der Waals surface area contributed by atoms with Gasteiger partial charge in [-0.15, -0.1) is 0 Å². The van der Waals surface area contributed by atoms with E-state index in [0.29, 0.717) is 0 Å².